The minimum atomic E-state index is -0.433. The number of pyridine rings is 1. The van der Waals surface area contributed by atoms with Gasteiger partial charge in [0.15, 0.2) is 23.0 Å². The quantitative estimate of drug-likeness (QED) is 0.312. The van der Waals surface area contributed by atoms with Gasteiger partial charge in [-0.1, -0.05) is 6.07 Å². The Balaban J connectivity index is 0.00000420. The number of aromatic nitrogens is 1. The number of hydrogen-bond acceptors (Lipinski definition) is 9. The van der Waals surface area contributed by atoms with Crippen LogP contribution in [0.3, 0.4) is 0 Å². The molecule has 1 fully saturated rings. The van der Waals surface area contributed by atoms with E-state index in [1.54, 1.807) is 28.3 Å². The van der Waals surface area contributed by atoms with Crippen molar-refractivity contribution in [2.45, 2.75) is 33.4 Å². The molecule has 1 aliphatic heterocycles. The second kappa shape index (κ2) is 13.7. The van der Waals surface area contributed by atoms with Crippen molar-refractivity contribution in [3.05, 3.63) is 41.6 Å². The highest BCUT2D eigenvalue weighted by atomic mass is 35.5. The number of benzene rings is 2. The predicted molar refractivity (Wildman–Crippen MR) is 152 cm³/mol. The summed E-state index contributed by atoms with van der Waals surface area (Å²) in [5.41, 5.74) is 3.18. The summed E-state index contributed by atoms with van der Waals surface area (Å²) in [5, 5.41) is 0.733. The Morgan fingerprint density at radius 2 is 1.64 bits per heavy atom. The van der Waals surface area contributed by atoms with Crippen molar-refractivity contribution in [2.75, 3.05) is 54.2 Å². The zero-order valence-corrected chi connectivity index (χ0v) is 24.2. The summed E-state index contributed by atoms with van der Waals surface area (Å²) in [6.45, 7) is 9.18. The number of esters is 1. The van der Waals surface area contributed by atoms with Crippen LogP contribution in [0.2, 0.25) is 0 Å². The topological polar surface area (TPSA) is 88.6 Å². The van der Waals surface area contributed by atoms with E-state index in [1.807, 2.05) is 44.2 Å². The second-order valence-corrected chi connectivity index (χ2v) is 9.17. The molecule has 0 unspecified atom stereocenters. The first kappa shape index (κ1) is 30.3. The molecule has 2 aromatic carbocycles. The Morgan fingerprint density at radius 3 is 2.26 bits per heavy atom. The Labute approximate surface area is 235 Å². The smallest absolute Gasteiger partial charge is 0.340 e. The molecular formula is C29H37ClN2O7. The minimum Gasteiger partial charge on any atom is -0.493 e. The first-order chi connectivity index (χ1) is 18.4. The van der Waals surface area contributed by atoms with Crippen molar-refractivity contribution in [3.63, 3.8) is 0 Å². The summed E-state index contributed by atoms with van der Waals surface area (Å²) in [6.07, 6.45) is -0.0703. The third kappa shape index (κ3) is 6.66. The van der Waals surface area contributed by atoms with Crippen LogP contribution in [-0.4, -0.2) is 76.2 Å². The van der Waals surface area contributed by atoms with E-state index in [9.17, 15) is 4.79 Å². The average molecular weight is 561 g/mol. The first-order valence-corrected chi connectivity index (χ1v) is 12.8. The fraction of sp³-hybridized carbons (Fsp3) is 0.448. The number of ether oxygens (including phenoxy) is 6. The van der Waals surface area contributed by atoms with Crippen molar-refractivity contribution in [1.82, 2.24) is 9.88 Å². The number of morpholine rings is 1. The van der Waals surface area contributed by atoms with Crippen LogP contribution < -0.4 is 18.9 Å². The molecule has 0 N–H and O–H groups in total. The van der Waals surface area contributed by atoms with Gasteiger partial charge in [-0.25, -0.2) is 4.79 Å². The van der Waals surface area contributed by atoms with Gasteiger partial charge in [-0.3, -0.25) is 9.88 Å². The molecule has 0 atom stereocenters. The van der Waals surface area contributed by atoms with E-state index in [-0.39, 0.29) is 25.1 Å². The lowest BCUT2D eigenvalue weighted by atomic mass is 9.93. The number of nitrogens with zero attached hydrogens (tertiary/aromatic N) is 2. The van der Waals surface area contributed by atoms with Gasteiger partial charge in [-0.05, 0) is 44.5 Å². The molecule has 0 aliphatic carbocycles. The SMILES string of the molecule is CCOC(=O)c1c(CN2CCOCC2)nc2cc(OC)c(OC)cc2c1-c1ccc(OC)c(OC(C)C)c1.Cl. The number of rotatable bonds is 10. The predicted octanol–water partition coefficient (Wildman–Crippen LogP) is 5.15. The van der Waals surface area contributed by atoms with Gasteiger partial charge in [-0.15, -0.1) is 12.4 Å². The Hall–Kier alpha value is -3.27. The summed E-state index contributed by atoms with van der Waals surface area (Å²) in [6, 6.07) is 9.34. The second-order valence-electron chi connectivity index (χ2n) is 9.17. The van der Waals surface area contributed by atoms with Crippen LogP contribution in [0.1, 0.15) is 36.8 Å². The molecule has 2 heterocycles. The maximum Gasteiger partial charge on any atom is 0.340 e. The Kier molecular flexibility index (Phi) is 10.6. The molecular weight excluding hydrogens is 524 g/mol. The van der Waals surface area contributed by atoms with Crippen LogP contribution >= 0.6 is 12.4 Å². The molecule has 0 amide bonds. The highest BCUT2D eigenvalue weighted by Crippen LogP contribution is 2.42. The monoisotopic (exact) mass is 560 g/mol. The van der Waals surface area contributed by atoms with Gasteiger partial charge in [0.05, 0.1) is 64.0 Å². The van der Waals surface area contributed by atoms with Gasteiger partial charge in [0.2, 0.25) is 0 Å². The van der Waals surface area contributed by atoms with Crippen molar-refractivity contribution >= 4 is 29.3 Å². The summed E-state index contributed by atoms with van der Waals surface area (Å²) in [7, 11) is 4.77. The molecule has 0 bridgehead atoms. The van der Waals surface area contributed by atoms with Crippen LogP contribution in [0, 0.1) is 0 Å². The number of halogens is 1. The molecule has 0 saturated carbocycles. The molecule has 0 spiro atoms. The van der Waals surface area contributed by atoms with Crippen LogP contribution in [0.5, 0.6) is 23.0 Å². The van der Waals surface area contributed by atoms with Gasteiger partial charge in [0.25, 0.3) is 0 Å². The summed E-state index contributed by atoms with van der Waals surface area (Å²) < 4.78 is 33.9. The molecule has 39 heavy (non-hydrogen) atoms. The molecule has 4 rings (SSSR count). The molecule has 1 saturated heterocycles. The first-order valence-electron chi connectivity index (χ1n) is 12.8. The highest BCUT2D eigenvalue weighted by molar-refractivity contribution is 6.08. The summed E-state index contributed by atoms with van der Waals surface area (Å²) in [5.74, 6) is 1.84. The van der Waals surface area contributed by atoms with Crippen LogP contribution in [-0.2, 0) is 16.0 Å². The van der Waals surface area contributed by atoms with Crippen molar-refractivity contribution < 1.29 is 33.2 Å². The maximum absolute atomic E-state index is 13.6. The number of carbonyl (C=O) groups excluding carboxylic acids is 1. The Bertz CT molecular complexity index is 1290. The van der Waals surface area contributed by atoms with E-state index in [1.165, 1.54) is 0 Å². The summed E-state index contributed by atoms with van der Waals surface area (Å²) in [4.78, 5) is 20.8. The van der Waals surface area contributed by atoms with Crippen LogP contribution in [0.4, 0.5) is 0 Å². The van der Waals surface area contributed by atoms with Crippen molar-refractivity contribution in [2.24, 2.45) is 0 Å². The molecule has 9 nitrogen and oxygen atoms in total. The zero-order chi connectivity index (χ0) is 27.2. The lowest BCUT2D eigenvalue weighted by Crippen LogP contribution is -2.36. The van der Waals surface area contributed by atoms with Crippen molar-refractivity contribution in [1.29, 1.82) is 0 Å². The molecule has 3 aromatic rings. The van der Waals surface area contributed by atoms with Crippen LogP contribution in [0.15, 0.2) is 30.3 Å². The normalized spacial score (nSPS) is 13.6. The fourth-order valence-electron chi connectivity index (χ4n) is 4.63. The number of methoxy groups -OCH3 is 3. The number of fused-ring (bicyclic) bond motifs is 1. The third-order valence-electron chi connectivity index (χ3n) is 6.34. The largest absolute Gasteiger partial charge is 0.493 e. The molecule has 1 aromatic heterocycles. The van der Waals surface area contributed by atoms with E-state index >= 15 is 0 Å². The molecule has 1 aliphatic rings. The lowest BCUT2D eigenvalue weighted by molar-refractivity contribution is 0.0331. The van der Waals surface area contributed by atoms with Gasteiger partial charge in [0, 0.05) is 36.7 Å². The molecule has 212 valence electrons. The molecule has 10 heteroatoms. The van der Waals surface area contributed by atoms with E-state index in [0.717, 1.165) is 24.0 Å². The summed E-state index contributed by atoms with van der Waals surface area (Å²) >= 11 is 0. The third-order valence-corrected chi connectivity index (χ3v) is 6.34. The number of hydrogen-bond donors (Lipinski definition) is 0. The Morgan fingerprint density at radius 1 is 0.974 bits per heavy atom. The maximum atomic E-state index is 13.6. The van der Waals surface area contributed by atoms with E-state index in [2.05, 4.69) is 4.90 Å². The van der Waals surface area contributed by atoms with E-state index < -0.39 is 5.97 Å². The highest BCUT2D eigenvalue weighted by Gasteiger charge is 2.27. The van der Waals surface area contributed by atoms with Gasteiger partial charge < -0.3 is 28.4 Å². The van der Waals surface area contributed by atoms with E-state index in [4.69, 9.17) is 33.4 Å². The van der Waals surface area contributed by atoms with Crippen molar-refractivity contribution in [3.8, 4) is 34.1 Å². The average Bonchev–Trinajstić information content (AvgIpc) is 2.91. The molecule has 0 radical (unpaired) electrons. The van der Waals surface area contributed by atoms with Gasteiger partial charge in [-0.2, -0.15) is 0 Å². The van der Waals surface area contributed by atoms with Gasteiger partial charge in [0.1, 0.15) is 0 Å². The number of carbonyl (C=O) groups is 1. The lowest BCUT2D eigenvalue weighted by Gasteiger charge is -2.27. The fourth-order valence-corrected chi connectivity index (χ4v) is 4.63. The standard InChI is InChI=1S/C29H36N2O7.ClH/c1-7-37-29(32)28-22(17-31-10-12-36-13-11-31)30-21-16-25(35-6)24(34-5)15-20(21)27(28)19-8-9-23(33-4)26(14-19)38-18(2)3;/h8-9,14-16,18H,7,10-13,17H2,1-6H3;1H. The minimum absolute atomic E-state index is 0. The van der Waals surface area contributed by atoms with Gasteiger partial charge >= 0.3 is 5.97 Å². The van der Waals surface area contributed by atoms with Crippen LogP contribution in [0.25, 0.3) is 22.0 Å². The van der Waals surface area contributed by atoms with E-state index in [0.29, 0.717) is 65.1 Å². The zero-order valence-electron chi connectivity index (χ0n) is 23.4.